The number of likely N-dealkylation sites (tertiary alicyclic amines) is 1. The van der Waals surface area contributed by atoms with Crippen molar-refractivity contribution in [1.29, 1.82) is 0 Å². The van der Waals surface area contributed by atoms with Gasteiger partial charge in [-0.05, 0) is 58.6 Å². The summed E-state index contributed by atoms with van der Waals surface area (Å²) < 4.78 is 5.46. The van der Waals surface area contributed by atoms with Crippen molar-refractivity contribution in [3.63, 3.8) is 0 Å². The first-order valence-electron chi connectivity index (χ1n) is 9.18. The molecule has 1 heterocycles. The fourth-order valence-electron chi connectivity index (χ4n) is 3.05. The lowest BCUT2D eigenvalue weighted by Gasteiger charge is -2.34. The van der Waals surface area contributed by atoms with E-state index in [1.165, 1.54) is 5.56 Å². The van der Waals surface area contributed by atoms with Gasteiger partial charge in [-0.3, -0.25) is 0 Å². The van der Waals surface area contributed by atoms with E-state index in [1.54, 1.807) is 4.90 Å². The van der Waals surface area contributed by atoms with E-state index in [-0.39, 0.29) is 6.09 Å². The monoisotopic (exact) mass is 348 g/mol. The molecule has 140 valence electrons. The molecule has 0 saturated carbocycles. The van der Waals surface area contributed by atoms with E-state index in [0.717, 1.165) is 31.5 Å². The van der Waals surface area contributed by atoms with Gasteiger partial charge < -0.3 is 20.1 Å². The van der Waals surface area contributed by atoms with Crippen LogP contribution in [0.25, 0.3) is 0 Å². The van der Waals surface area contributed by atoms with Gasteiger partial charge in [-0.25, -0.2) is 4.79 Å². The first-order chi connectivity index (χ1) is 11.7. The minimum absolute atomic E-state index is 0.225. The standard InChI is InChI=1S/C20H32N2O3/c1-15-7-9-17(10-8-15)18(23)13-21-12-16-6-5-11-22(14-16)19(24)25-20(2,3)4/h7-10,16,18,21,23H,5-6,11-14H2,1-4H3. The van der Waals surface area contributed by atoms with Gasteiger partial charge in [0.05, 0.1) is 6.10 Å². The maximum absolute atomic E-state index is 12.2. The molecule has 2 unspecified atom stereocenters. The molecule has 0 aliphatic carbocycles. The number of carbonyl (C=O) groups excluding carboxylic acids is 1. The SMILES string of the molecule is Cc1ccc(C(O)CNCC2CCCN(C(=O)OC(C)(C)C)C2)cc1. The van der Waals surface area contributed by atoms with E-state index >= 15 is 0 Å². The molecule has 2 atom stereocenters. The number of rotatable bonds is 5. The number of nitrogens with zero attached hydrogens (tertiary/aromatic N) is 1. The lowest BCUT2D eigenvalue weighted by atomic mass is 9.98. The fourth-order valence-corrected chi connectivity index (χ4v) is 3.05. The van der Waals surface area contributed by atoms with Crippen LogP contribution < -0.4 is 5.32 Å². The lowest BCUT2D eigenvalue weighted by molar-refractivity contribution is 0.0164. The third-order valence-electron chi connectivity index (χ3n) is 4.40. The summed E-state index contributed by atoms with van der Waals surface area (Å²) in [5.41, 5.74) is 1.66. The van der Waals surface area contributed by atoms with Gasteiger partial charge in [0.1, 0.15) is 5.60 Å². The molecule has 1 aromatic carbocycles. The molecule has 5 heteroatoms. The van der Waals surface area contributed by atoms with Crippen molar-refractivity contribution in [2.45, 2.75) is 52.2 Å². The molecule has 0 radical (unpaired) electrons. The summed E-state index contributed by atoms with van der Waals surface area (Å²) in [6.07, 6.45) is 1.35. The number of benzene rings is 1. The number of amides is 1. The van der Waals surface area contributed by atoms with Crippen LogP contribution in [0.15, 0.2) is 24.3 Å². The zero-order chi connectivity index (χ0) is 18.4. The van der Waals surface area contributed by atoms with Crippen molar-refractivity contribution in [3.05, 3.63) is 35.4 Å². The molecular weight excluding hydrogens is 316 g/mol. The quantitative estimate of drug-likeness (QED) is 0.857. The molecule has 1 amide bonds. The number of hydrogen-bond donors (Lipinski definition) is 2. The van der Waals surface area contributed by atoms with Crippen LogP contribution in [0.5, 0.6) is 0 Å². The van der Waals surface area contributed by atoms with Gasteiger partial charge in [0, 0.05) is 19.6 Å². The van der Waals surface area contributed by atoms with Crippen molar-refractivity contribution in [2.24, 2.45) is 5.92 Å². The third kappa shape index (κ3) is 6.67. The fraction of sp³-hybridized carbons (Fsp3) is 0.650. The Morgan fingerprint density at radius 2 is 2.04 bits per heavy atom. The maximum Gasteiger partial charge on any atom is 0.410 e. The Morgan fingerprint density at radius 1 is 1.36 bits per heavy atom. The van der Waals surface area contributed by atoms with Crippen molar-refractivity contribution in [2.75, 3.05) is 26.2 Å². The van der Waals surface area contributed by atoms with Gasteiger partial charge in [0.2, 0.25) is 0 Å². The Kier molecular flexibility index (Phi) is 6.85. The molecule has 0 bridgehead atoms. The Balaban J connectivity index is 1.75. The summed E-state index contributed by atoms with van der Waals surface area (Å²) in [4.78, 5) is 14.0. The number of piperidine rings is 1. The van der Waals surface area contributed by atoms with Crippen LogP contribution in [-0.4, -0.2) is 47.9 Å². The van der Waals surface area contributed by atoms with Gasteiger partial charge in [-0.15, -0.1) is 0 Å². The van der Waals surface area contributed by atoms with E-state index < -0.39 is 11.7 Å². The summed E-state index contributed by atoms with van der Waals surface area (Å²) in [6, 6.07) is 7.95. The van der Waals surface area contributed by atoms with E-state index in [9.17, 15) is 9.90 Å². The zero-order valence-electron chi connectivity index (χ0n) is 15.9. The summed E-state index contributed by atoms with van der Waals surface area (Å²) in [5, 5.41) is 13.6. The molecule has 5 nitrogen and oxygen atoms in total. The van der Waals surface area contributed by atoms with Crippen LogP contribution in [-0.2, 0) is 4.74 Å². The summed E-state index contributed by atoms with van der Waals surface area (Å²) in [7, 11) is 0. The maximum atomic E-state index is 12.2. The van der Waals surface area contributed by atoms with Crippen LogP contribution in [0.1, 0.15) is 50.8 Å². The first kappa shape index (κ1) is 19.7. The van der Waals surface area contributed by atoms with E-state index in [2.05, 4.69) is 5.32 Å². The van der Waals surface area contributed by atoms with Crippen LogP contribution in [0, 0.1) is 12.8 Å². The summed E-state index contributed by atoms with van der Waals surface area (Å²) >= 11 is 0. The lowest BCUT2D eigenvalue weighted by Crippen LogP contribution is -2.45. The minimum Gasteiger partial charge on any atom is -0.444 e. The van der Waals surface area contributed by atoms with Crippen LogP contribution in [0.4, 0.5) is 4.79 Å². The highest BCUT2D eigenvalue weighted by Gasteiger charge is 2.27. The van der Waals surface area contributed by atoms with Gasteiger partial charge in [-0.1, -0.05) is 29.8 Å². The van der Waals surface area contributed by atoms with Crippen LogP contribution in [0.2, 0.25) is 0 Å². The average molecular weight is 348 g/mol. The topological polar surface area (TPSA) is 61.8 Å². The molecule has 2 rings (SSSR count). The summed E-state index contributed by atoms with van der Waals surface area (Å²) in [6.45, 7) is 10.5. The molecular formula is C20H32N2O3. The van der Waals surface area contributed by atoms with Gasteiger partial charge in [0.25, 0.3) is 0 Å². The molecule has 1 fully saturated rings. The third-order valence-corrected chi connectivity index (χ3v) is 4.40. The Morgan fingerprint density at radius 3 is 2.68 bits per heavy atom. The average Bonchev–Trinajstić information content (AvgIpc) is 2.54. The van der Waals surface area contributed by atoms with Gasteiger partial charge >= 0.3 is 6.09 Å². The van der Waals surface area contributed by atoms with Crippen molar-refractivity contribution in [3.8, 4) is 0 Å². The van der Waals surface area contributed by atoms with Gasteiger partial charge in [0.15, 0.2) is 0 Å². The Hall–Kier alpha value is -1.59. The van der Waals surface area contributed by atoms with E-state index in [4.69, 9.17) is 4.74 Å². The predicted molar refractivity (Wildman–Crippen MR) is 99.5 cm³/mol. The van der Waals surface area contributed by atoms with Crippen molar-refractivity contribution in [1.82, 2.24) is 10.2 Å². The number of ether oxygens (including phenoxy) is 1. The van der Waals surface area contributed by atoms with E-state index in [0.29, 0.717) is 19.0 Å². The second-order valence-corrected chi connectivity index (χ2v) is 8.02. The highest BCUT2D eigenvalue weighted by Crippen LogP contribution is 2.19. The molecule has 1 aromatic rings. The molecule has 1 saturated heterocycles. The highest BCUT2D eigenvalue weighted by molar-refractivity contribution is 5.68. The normalized spacial score (nSPS) is 19.6. The number of aryl methyl sites for hydroxylation is 1. The van der Waals surface area contributed by atoms with Crippen molar-refractivity contribution >= 4 is 6.09 Å². The molecule has 0 spiro atoms. The minimum atomic E-state index is -0.508. The zero-order valence-corrected chi connectivity index (χ0v) is 15.9. The Labute approximate surface area is 151 Å². The molecule has 1 aliphatic rings. The van der Waals surface area contributed by atoms with Crippen LogP contribution in [0.3, 0.4) is 0 Å². The number of aliphatic hydroxyl groups excluding tert-OH is 1. The largest absolute Gasteiger partial charge is 0.444 e. The molecule has 1 aliphatic heterocycles. The highest BCUT2D eigenvalue weighted by atomic mass is 16.6. The second-order valence-electron chi connectivity index (χ2n) is 8.02. The molecule has 25 heavy (non-hydrogen) atoms. The Bertz CT molecular complexity index is 551. The smallest absolute Gasteiger partial charge is 0.410 e. The molecule has 2 N–H and O–H groups in total. The second kappa shape index (κ2) is 8.68. The predicted octanol–water partition coefficient (Wildman–Crippen LogP) is 3.27. The van der Waals surface area contributed by atoms with Gasteiger partial charge in [-0.2, -0.15) is 0 Å². The number of carbonyl (C=O) groups is 1. The molecule has 0 aromatic heterocycles. The van der Waals surface area contributed by atoms with Crippen LogP contribution >= 0.6 is 0 Å². The first-order valence-corrected chi connectivity index (χ1v) is 9.18. The van der Waals surface area contributed by atoms with Crippen molar-refractivity contribution < 1.29 is 14.6 Å². The van der Waals surface area contributed by atoms with E-state index in [1.807, 2.05) is 52.0 Å². The summed E-state index contributed by atoms with van der Waals surface area (Å²) in [5.74, 6) is 0.395. The number of aliphatic hydroxyl groups is 1. The number of nitrogens with one attached hydrogen (secondary N) is 1. The number of hydrogen-bond acceptors (Lipinski definition) is 4.